The summed E-state index contributed by atoms with van der Waals surface area (Å²) in [6, 6.07) is 8.46. The lowest BCUT2D eigenvalue weighted by atomic mass is 10.2. The van der Waals surface area contributed by atoms with Crippen molar-refractivity contribution in [3.8, 4) is 0 Å². The van der Waals surface area contributed by atoms with Gasteiger partial charge in [0.05, 0.1) is 6.54 Å². The molecule has 0 atom stereocenters. The Kier molecular flexibility index (Phi) is 4.50. The monoisotopic (exact) mass is 274 g/mol. The van der Waals surface area contributed by atoms with Gasteiger partial charge in [-0.3, -0.25) is 0 Å². The normalized spacial score (nSPS) is 10.4. The molecule has 0 unspecified atom stereocenters. The van der Waals surface area contributed by atoms with Gasteiger partial charge in [0.25, 0.3) is 0 Å². The van der Waals surface area contributed by atoms with Gasteiger partial charge < -0.3 is 10.2 Å². The van der Waals surface area contributed by atoms with Gasteiger partial charge in [0.15, 0.2) is 0 Å². The van der Waals surface area contributed by atoms with E-state index in [1.54, 1.807) is 6.07 Å². The molecule has 0 aliphatic carbocycles. The zero-order valence-corrected chi connectivity index (χ0v) is 12.0. The van der Waals surface area contributed by atoms with Gasteiger partial charge in [-0.25, -0.2) is 14.4 Å². The Morgan fingerprint density at radius 1 is 1.25 bits per heavy atom. The molecular weight excluding hydrogens is 255 g/mol. The van der Waals surface area contributed by atoms with Crippen LogP contribution in [-0.4, -0.2) is 23.6 Å². The summed E-state index contributed by atoms with van der Waals surface area (Å²) in [5.74, 6) is 1.28. The molecule has 20 heavy (non-hydrogen) atoms. The Balaban J connectivity index is 2.24. The molecular formula is C15H19FN4. The minimum Gasteiger partial charge on any atom is -0.373 e. The fourth-order valence-electron chi connectivity index (χ4n) is 2.06. The van der Waals surface area contributed by atoms with E-state index in [1.165, 1.54) is 12.1 Å². The van der Waals surface area contributed by atoms with Crippen molar-refractivity contribution in [2.45, 2.75) is 20.4 Å². The average Bonchev–Trinajstić information content (AvgIpc) is 2.44. The maximum atomic E-state index is 13.3. The SMILES string of the molecule is CCN(Cc1nc(C)cc(NC)n1)c1cccc(F)c1. The average molecular weight is 274 g/mol. The van der Waals surface area contributed by atoms with Gasteiger partial charge in [-0.05, 0) is 32.0 Å². The molecule has 2 aromatic rings. The molecule has 1 heterocycles. The first-order valence-corrected chi connectivity index (χ1v) is 6.65. The van der Waals surface area contributed by atoms with Crippen LogP contribution in [0, 0.1) is 12.7 Å². The lowest BCUT2D eigenvalue weighted by Crippen LogP contribution is -2.23. The smallest absolute Gasteiger partial charge is 0.150 e. The summed E-state index contributed by atoms with van der Waals surface area (Å²) in [7, 11) is 1.83. The van der Waals surface area contributed by atoms with E-state index in [1.807, 2.05) is 37.9 Å². The van der Waals surface area contributed by atoms with Gasteiger partial charge in [-0.15, -0.1) is 0 Å². The van der Waals surface area contributed by atoms with E-state index in [2.05, 4.69) is 15.3 Å². The molecule has 106 valence electrons. The quantitative estimate of drug-likeness (QED) is 0.910. The number of nitrogens with one attached hydrogen (secondary N) is 1. The van der Waals surface area contributed by atoms with Crippen molar-refractivity contribution >= 4 is 11.5 Å². The van der Waals surface area contributed by atoms with Crippen molar-refractivity contribution in [3.63, 3.8) is 0 Å². The first-order chi connectivity index (χ1) is 9.62. The maximum absolute atomic E-state index is 13.3. The molecule has 0 saturated heterocycles. The molecule has 4 nitrogen and oxygen atoms in total. The van der Waals surface area contributed by atoms with Crippen LogP contribution in [0.15, 0.2) is 30.3 Å². The summed E-state index contributed by atoms with van der Waals surface area (Å²) in [6.45, 7) is 5.27. The van der Waals surface area contributed by atoms with Gasteiger partial charge >= 0.3 is 0 Å². The molecule has 0 aliphatic rings. The number of benzene rings is 1. The molecule has 0 radical (unpaired) electrons. The van der Waals surface area contributed by atoms with Crippen LogP contribution in [-0.2, 0) is 6.54 Å². The van der Waals surface area contributed by atoms with Gasteiger partial charge in [-0.2, -0.15) is 0 Å². The zero-order chi connectivity index (χ0) is 14.5. The number of hydrogen-bond donors (Lipinski definition) is 1. The van der Waals surface area contributed by atoms with Crippen LogP contribution >= 0.6 is 0 Å². The van der Waals surface area contributed by atoms with Crippen molar-refractivity contribution in [2.75, 3.05) is 23.8 Å². The highest BCUT2D eigenvalue weighted by atomic mass is 19.1. The standard InChI is InChI=1S/C15H19FN4/c1-4-20(13-7-5-6-12(16)9-13)10-15-18-11(2)8-14(17-3)19-15/h5-9H,4,10H2,1-3H3,(H,17,18,19). The number of anilines is 2. The maximum Gasteiger partial charge on any atom is 0.150 e. The number of halogens is 1. The minimum absolute atomic E-state index is 0.234. The molecule has 0 saturated carbocycles. The lowest BCUT2D eigenvalue weighted by Gasteiger charge is -2.22. The van der Waals surface area contributed by atoms with Crippen LogP contribution in [0.2, 0.25) is 0 Å². The van der Waals surface area contributed by atoms with Crippen molar-refractivity contribution in [3.05, 3.63) is 47.7 Å². The molecule has 0 amide bonds. The first kappa shape index (κ1) is 14.2. The fourth-order valence-corrected chi connectivity index (χ4v) is 2.06. The van der Waals surface area contributed by atoms with Crippen molar-refractivity contribution in [1.29, 1.82) is 0 Å². The third kappa shape index (κ3) is 3.44. The summed E-state index contributed by atoms with van der Waals surface area (Å²) in [6.07, 6.45) is 0. The Morgan fingerprint density at radius 3 is 2.70 bits per heavy atom. The summed E-state index contributed by atoms with van der Waals surface area (Å²) in [5.41, 5.74) is 1.75. The van der Waals surface area contributed by atoms with E-state index in [4.69, 9.17) is 0 Å². The van der Waals surface area contributed by atoms with Crippen LogP contribution in [0.5, 0.6) is 0 Å². The Hall–Kier alpha value is -2.17. The first-order valence-electron chi connectivity index (χ1n) is 6.65. The fraction of sp³-hybridized carbons (Fsp3) is 0.333. The zero-order valence-electron chi connectivity index (χ0n) is 12.0. The summed E-state index contributed by atoms with van der Waals surface area (Å²) in [4.78, 5) is 10.9. The Labute approximate surface area is 118 Å². The molecule has 1 aromatic heterocycles. The number of aromatic nitrogens is 2. The summed E-state index contributed by atoms with van der Waals surface area (Å²) in [5, 5.41) is 3.02. The molecule has 0 aliphatic heterocycles. The molecule has 1 N–H and O–H groups in total. The van der Waals surface area contributed by atoms with Crippen LogP contribution in [0.25, 0.3) is 0 Å². The molecule has 5 heteroatoms. The van der Waals surface area contributed by atoms with E-state index in [0.717, 1.165) is 29.6 Å². The number of aryl methyl sites for hydroxylation is 1. The molecule has 0 spiro atoms. The predicted molar refractivity (Wildman–Crippen MR) is 79.4 cm³/mol. The van der Waals surface area contributed by atoms with E-state index < -0.39 is 0 Å². The highest BCUT2D eigenvalue weighted by Crippen LogP contribution is 2.17. The van der Waals surface area contributed by atoms with E-state index in [-0.39, 0.29) is 5.82 Å². The molecule has 0 fully saturated rings. The molecule has 2 rings (SSSR count). The van der Waals surface area contributed by atoms with Gasteiger partial charge in [0, 0.05) is 31.0 Å². The van der Waals surface area contributed by atoms with E-state index in [9.17, 15) is 4.39 Å². The molecule has 0 bridgehead atoms. The van der Waals surface area contributed by atoms with Crippen molar-refractivity contribution in [2.24, 2.45) is 0 Å². The number of hydrogen-bond acceptors (Lipinski definition) is 4. The largest absolute Gasteiger partial charge is 0.373 e. The minimum atomic E-state index is -0.234. The number of rotatable bonds is 5. The van der Waals surface area contributed by atoms with Crippen molar-refractivity contribution in [1.82, 2.24) is 9.97 Å². The van der Waals surface area contributed by atoms with E-state index in [0.29, 0.717) is 6.54 Å². The third-order valence-corrected chi connectivity index (χ3v) is 3.04. The predicted octanol–water partition coefficient (Wildman–Crippen LogP) is 2.99. The Bertz CT molecular complexity index is 586. The lowest BCUT2D eigenvalue weighted by molar-refractivity contribution is 0.626. The van der Waals surface area contributed by atoms with Crippen LogP contribution in [0.4, 0.5) is 15.9 Å². The van der Waals surface area contributed by atoms with Crippen LogP contribution in [0.3, 0.4) is 0 Å². The van der Waals surface area contributed by atoms with Crippen LogP contribution in [0.1, 0.15) is 18.4 Å². The highest BCUT2D eigenvalue weighted by Gasteiger charge is 2.09. The Morgan fingerprint density at radius 2 is 2.05 bits per heavy atom. The van der Waals surface area contributed by atoms with E-state index >= 15 is 0 Å². The highest BCUT2D eigenvalue weighted by molar-refractivity contribution is 5.46. The summed E-state index contributed by atoms with van der Waals surface area (Å²) < 4.78 is 13.3. The van der Waals surface area contributed by atoms with Gasteiger partial charge in [0.2, 0.25) is 0 Å². The van der Waals surface area contributed by atoms with Gasteiger partial charge in [-0.1, -0.05) is 6.07 Å². The third-order valence-electron chi connectivity index (χ3n) is 3.04. The summed E-state index contributed by atoms with van der Waals surface area (Å²) >= 11 is 0. The van der Waals surface area contributed by atoms with Crippen LogP contribution < -0.4 is 10.2 Å². The second-order valence-electron chi connectivity index (χ2n) is 4.55. The van der Waals surface area contributed by atoms with Crippen molar-refractivity contribution < 1.29 is 4.39 Å². The number of nitrogens with zero attached hydrogens (tertiary/aromatic N) is 3. The second-order valence-corrected chi connectivity index (χ2v) is 4.55. The van der Waals surface area contributed by atoms with Gasteiger partial charge in [0.1, 0.15) is 17.5 Å². The topological polar surface area (TPSA) is 41.1 Å². The molecule has 1 aromatic carbocycles. The second kappa shape index (κ2) is 6.32.